The van der Waals surface area contributed by atoms with E-state index in [1.54, 1.807) is 0 Å². The summed E-state index contributed by atoms with van der Waals surface area (Å²) in [5.74, 6) is 0.636. The van der Waals surface area contributed by atoms with E-state index in [-0.39, 0.29) is 5.41 Å². The van der Waals surface area contributed by atoms with E-state index < -0.39 is 0 Å². The molecule has 2 N–H and O–H groups in total. The summed E-state index contributed by atoms with van der Waals surface area (Å²) in [6.45, 7) is 6.94. The predicted molar refractivity (Wildman–Crippen MR) is 89.6 cm³/mol. The zero-order valence-corrected chi connectivity index (χ0v) is 12.9. The van der Waals surface area contributed by atoms with Crippen molar-refractivity contribution in [3.05, 3.63) is 47.6 Å². The second kappa shape index (κ2) is 4.74. The van der Waals surface area contributed by atoms with Gasteiger partial charge in [0.05, 0.1) is 0 Å². The Morgan fingerprint density at radius 2 is 2.14 bits per heavy atom. The van der Waals surface area contributed by atoms with Crippen LogP contribution in [0.2, 0.25) is 0 Å². The SMILES string of the molecule is CC1(C)CC=CC=C1c1ccc2c(c1)C1CNCCC1N2. The van der Waals surface area contributed by atoms with E-state index in [4.69, 9.17) is 0 Å². The Hall–Kier alpha value is -1.54. The molecule has 2 heterocycles. The third kappa shape index (κ3) is 2.13. The normalized spacial score (nSPS) is 29.3. The highest BCUT2D eigenvalue weighted by Gasteiger charge is 2.34. The maximum atomic E-state index is 3.71. The summed E-state index contributed by atoms with van der Waals surface area (Å²) < 4.78 is 0. The molecule has 1 fully saturated rings. The molecule has 21 heavy (non-hydrogen) atoms. The highest BCUT2D eigenvalue weighted by atomic mass is 15.0. The van der Waals surface area contributed by atoms with E-state index in [1.165, 1.54) is 28.8 Å². The first kappa shape index (κ1) is 13.1. The second-order valence-corrected chi connectivity index (χ2v) is 7.25. The molecule has 1 saturated heterocycles. The Bertz CT molecular complexity index is 624. The second-order valence-electron chi connectivity index (χ2n) is 7.25. The molecule has 4 rings (SSSR count). The van der Waals surface area contributed by atoms with Crippen molar-refractivity contribution >= 4 is 11.3 Å². The molecule has 0 bridgehead atoms. The van der Waals surface area contributed by atoms with Gasteiger partial charge in [0.15, 0.2) is 0 Å². The van der Waals surface area contributed by atoms with E-state index >= 15 is 0 Å². The van der Waals surface area contributed by atoms with Crippen molar-refractivity contribution in [2.24, 2.45) is 5.41 Å². The Morgan fingerprint density at radius 1 is 1.24 bits per heavy atom. The monoisotopic (exact) mass is 280 g/mol. The molecule has 1 aromatic rings. The van der Waals surface area contributed by atoms with Crippen LogP contribution in [0.3, 0.4) is 0 Å². The van der Waals surface area contributed by atoms with E-state index in [1.807, 2.05) is 0 Å². The Morgan fingerprint density at radius 3 is 3.00 bits per heavy atom. The number of fused-ring (bicyclic) bond motifs is 3. The van der Waals surface area contributed by atoms with Crippen molar-refractivity contribution in [2.75, 3.05) is 18.4 Å². The van der Waals surface area contributed by atoms with E-state index in [0.717, 1.165) is 19.5 Å². The van der Waals surface area contributed by atoms with Gasteiger partial charge in [0.25, 0.3) is 0 Å². The molecule has 110 valence electrons. The molecule has 0 aromatic heterocycles. The van der Waals surface area contributed by atoms with Gasteiger partial charge in [0.1, 0.15) is 0 Å². The van der Waals surface area contributed by atoms with Gasteiger partial charge < -0.3 is 10.6 Å². The predicted octanol–water partition coefficient (Wildman–Crippen LogP) is 3.93. The van der Waals surface area contributed by atoms with Crippen LogP contribution in [0.1, 0.15) is 43.7 Å². The Balaban J connectivity index is 1.74. The van der Waals surface area contributed by atoms with Crippen LogP contribution < -0.4 is 10.6 Å². The number of allylic oxidation sites excluding steroid dienone is 4. The molecule has 3 aliphatic rings. The Kier molecular flexibility index (Phi) is 2.97. The molecule has 2 heteroatoms. The van der Waals surface area contributed by atoms with Crippen LogP contribution in [0, 0.1) is 5.41 Å². The van der Waals surface area contributed by atoms with Gasteiger partial charge in [-0.25, -0.2) is 0 Å². The molecule has 0 saturated carbocycles. The zero-order chi connectivity index (χ0) is 14.4. The van der Waals surface area contributed by atoms with Gasteiger partial charge in [0, 0.05) is 24.2 Å². The fraction of sp³-hybridized carbons (Fsp3) is 0.474. The molecule has 1 aromatic carbocycles. The van der Waals surface area contributed by atoms with Crippen molar-refractivity contribution in [3.8, 4) is 0 Å². The highest BCUT2D eigenvalue weighted by Crippen LogP contribution is 2.44. The first-order valence-corrected chi connectivity index (χ1v) is 8.14. The minimum absolute atomic E-state index is 0.235. The minimum Gasteiger partial charge on any atom is -0.381 e. The quantitative estimate of drug-likeness (QED) is 0.814. The van der Waals surface area contributed by atoms with E-state index in [9.17, 15) is 0 Å². The van der Waals surface area contributed by atoms with Gasteiger partial charge in [-0.05, 0) is 53.6 Å². The number of nitrogens with one attached hydrogen (secondary N) is 2. The molecule has 2 aliphatic heterocycles. The topological polar surface area (TPSA) is 24.1 Å². The first-order valence-electron chi connectivity index (χ1n) is 8.14. The number of anilines is 1. The molecule has 0 radical (unpaired) electrons. The summed E-state index contributed by atoms with van der Waals surface area (Å²) in [4.78, 5) is 0. The standard InChI is InChI=1S/C19H24N2/c1-19(2)9-4-3-5-16(19)13-6-7-17-14(11-13)15-12-20-10-8-18(15)21-17/h3-7,11,15,18,20-21H,8-10,12H2,1-2H3. The van der Waals surface area contributed by atoms with E-state index in [0.29, 0.717) is 12.0 Å². The number of hydrogen-bond acceptors (Lipinski definition) is 2. The molecular formula is C19H24N2. The average Bonchev–Trinajstić information content (AvgIpc) is 2.84. The average molecular weight is 280 g/mol. The van der Waals surface area contributed by atoms with Crippen molar-refractivity contribution in [1.29, 1.82) is 0 Å². The lowest BCUT2D eigenvalue weighted by Crippen LogP contribution is -2.38. The molecule has 2 atom stereocenters. The summed E-state index contributed by atoms with van der Waals surface area (Å²) in [5.41, 5.74) is 5.97. The molecule has 1 aliphatic carbocycles. The fourth-order valence-electron chi connectivity index (χ4n) is 4.08. The lowest BCUT2D eigenvalue weighted by atomic mass is 9.74. The van der Waals surface area contributed by atoms with Crippen LogP contribution in [0.15, 0.2) is 36.4 Å². The van der Waals surface area contributed by atoms with Crippen molar-refractivity contribution in [2.45, 2.75) is 38.6 Å². The zero-order valence-electron chi connectivity index (χ0n) is 12.9. The van der Waals surface area contributed by atoms with Crippen molar-refractivity contribution < 1.29 is 0 Å². The fourth-order valence-corrected chi connectivity index (χ4v) is 4.08. The van der Waals surface area contributed by atoms with Crippen LogP contribution in [-0.2, 0) is 0 Å². The van der Waals surface area contributed by atoms with Gasteiger partial charge in [-0.15, -0.1) is 0 Å². The minimum atomic E-state index is 0.235. The number of rotatable bonds is 1. The summed E-state index contributed by atoms with van der Waals surface area (Å²) in [6, 6.07) is 7.65. The third-order valence-electron chi connectivity index (χ3n) is 5.34. The van der Waals surface area contributed by atoms with Gasteiger partial charge in [-0.3, -0.25) is 0 Å². The summed E-state index contributed by atoms with van der Waals surface area (Å²) in [7, 11) is 0. The molecule has 0 amide bonds. The maximum Gasteiger partial charge on any atom is 0.0379 e. The van der Waals surface area contributed by atoms with Gasteiger partial charge in [0.2, 0.25) is 0 Å². The number of piperidine rings is 1. The van der Waals surface area contributed by atoms with Gasteiger partial charge in [-0.1, -0.05) is 38.1 Å². The van der Waals surface area contributed by atoms with Crippen LogP contribution in [0.4, 0.5) is 5.69 Å². The Labute approximate surface area is 127 Å². The number of benzene rings is 1. The highest BCUT2D eigenvalue weighted by molar-refractivity contribution is 5.76. The van der Waals surface area contributed by atoms with E-state index in [2.05, 4.69) is 60.9 Å². The molecule has 2 nitrogen and oxygen atoms in total. The maximum absolute atomic E-state index is 3.71. The van der Waals surface area contributed by atoms with Crippen LogP contribution in [0.25, 0.3) is 5.57 Å². The summed E-state index contributed by atoms with van der Waals surface area (Å²) in [6.07, 6.45) is 9.13. The molecule has 2 unspecified atom stereocenters. The van der Waals surface area contributed by atoms with Crippen LogP contribution in [0.5, 0.6) is 0 Å². The number of hydrogen-bond donors (Lipinski definition) is 2. The smallest absolute Gasteiger partial charge is 0.0379 e. The van der Waals surface area contributed by atoms with Crippen LogP contribution in [-0.4, -0.2) is 19.1 Å². The molecular weight excluding hydrogens is 256 g/mol. The summed E-state index contributed by atoms with van der Waals surface area (Å²) in [5, 5.41) is 7.26. The third-order valence-corrected chi connectivity index (χ3v) is 5.34. The van der Waals surface area contributed by atoms with Gasteiger partial charge >= 0.3 is 0 Å². The molecule has 0 spiro atoms. The summed E-state index contributed by atoms with van der Waals surface area (Å²) >= 11 is 0. The lowest BCUT2D eigenvalue weighted by Gasteiger charge is -2.30. The van der Waals surface area contributed by atoms with Crippen molar-refractivity contribution in [3.63, 3.8) is 0 Å². The first-order chi connectivity index (χ1) is 10.1. The van der Waals surface area contributed by atoms with Crippen molar-refractivity contribution in [1.82, 2.24) is 5.32 Å². The largest absolute Gasteiger partial charge is 0.381 e. The van der Waals surface area contributed by atoms with Gasteiger partial charge in [-0.2, -0.15) is 0 Å². The van der Waals surface area contributed by atoms with Crippen LogP contribution >= 0.6 is 0 Å². The lowest BCUT2D eigenvalue weighted by molar-refractivity contribution is 0.440.